The fourth-order valence-corrected chi connectivity index (χ4v) is 4.00. The first-order chi connectivity index (χ1) is 12.6. The van der Waals surface area contributed by atoms with Crippen LogP contribution in [0.15, 0.2) is 36.4 Å². The Hall–Kier alpha value is -2.07. The molecule has 2 unspecified atom stereocenters. The fraction of sp³-hybridized carbons (Fsp3) is 0.500. The smallest absolute Gasteiger partial charge is 0.256 e. The summed E-state index contributed by atoms with van der Waals surface area (Å²) in [6.07, 6.45) is 4.68. The van der Waals surface area contributed by atoms with Crippen molar-refractivity contribution >= 4 is 22.4 Å². The van der Waals surface area contributed by atoms with E-state index in [0.29, 0.717) is 12.5 Å². The van der Waals surface area contributed by atoms with Crippen molar-refractivity contribution < 1.29 is 14.3 Å². The van der Waals surface area contributed by atoms with E-state index in [0.717, 1.165) is 54.3 Å². The van der Waals surface area contributed by atoms with Gasteiger partial charge in [0.2, 0.25) is 0 Å². The number of methoxy groups -OCH3 is 1. The van der Waals surface area contributed by atoms with Gasteiger partial charge in [-0.3, -0.25) is 4.79 Å². The van der Waals surface area contributed by atoms with Crippen LogP contribution < -0.4 is 10.1 Å². The van der Waals surface area contributed by atoms with Crippen LogP contribution in [0, 0.1) is 5.92 Å². The number of fused-ring (bicyclic) bond motifs is 1. The molecule has 0 heterocycles. The number of benzene rings is 2. The summed E-state index contributed by atoms with van der Waals surface area (Å²) in [5.74, 6) is 1.29. The van der Waals surface area contributed by atoms with Crippen molar-refractivity contribution in [1.82, 2.24) is 0 Å². The zero-order chi connectivity index (χ0) is 18.6. The van der Waals surface area contributed by atoms with Gasteiger partial charge in [-0.25, -0.2) is 0 Å². The van der Waals surface area contributed by atoms with Gasteiger partial charge in [0.25, 0.3) is 5.91 Å². The van der Waals surface area contributed by atoms with E-state index in [1.165, 1.54) is 0 Å². The zero-order valence-electron chi connectivity index (χ0n) is 16.0. The molecule has 2 aromatic rings. The minimum atomic E-state index is -0.714. The Balaban J connectivity index is 1.91. The van der Waals surface area contributed by atoms with E-state index < -0.39 is 5.60 Å². The van der Waals surface area contributed by atoms with Crippen LogP contribution in [-0.2, 0) is 9.53 Å². The van der Waals surface area contributed by atoms with E-state index in [4.69, 9.17) is 9.47 Å². The normalized spacial score (nSPS) is 23.0. The molecule has 0 saturated heterocycles. The molecule has 0 radical (unpaired) electrons. The third kappa shape index (κ3) is 3.70. The monoisotopic (exact) mass is 355 g/mol. The van der Waals surface area contributed by atoms with Crippen molar-refractivity contribution in [2.75, 3.05) is 19.0 Å². The molecule has 2 aromatic carbocycles. The molecule has 26 heavy (non-hydrogen) atoms. The number of amides is 1. The quantitative estimate of drug-likeness (QED) is 0.778. The molecule has 1 N–H and O–H groups in total. The third-order valence-electron chi connectivity index (χ3n) is 5.30. The molecule has 0 aromatic heterocycles. The lowest BCUT2D eigenvalue weighted by Gasteiger charge is -2.38. The summed E-state index contributed by atoms with van der Waals surface area (Å²) in [5.41, 5.74) is 0.0958. The lowest BCUT2D eigenvalue weighted by atomic mass is 9.78. The second kappa shape index (κ2) is 8.09. The third-order valence-corrected chi connectivity index (χ3v) is 5.30. The molecule has 140 valence electrons. The van der Waals surface area contributed by atoms with E-state index >= 15 is 0 Å². The Morgan fingerprint density at radius 1 is 1.23 bits per heavy atom. The van der Waals surface area contributed by atoms with Crippen LogP contribution in [0.1, 0.15) is 46.0 Å². The maximum atomic E-state index is 13.3. The summed E-state index contributed by atoms with van der Waals surface area (Å²) in [7, 11) is 1.66. The molecule has 1 fully saturated rings. The Labute approximate surface area is 155 Å². The number of anilines is 1. The number of carbonyl (C=O) groups excluding carboxylic acids is 1. The highest BCUT2D eigenvalue weighted by atomic mass is 16.5. The van der Waals surface area contributed by atoms with Gasteiger partial charge in [0, 0.05) is 23.1 Å². The van der Waals surface area contributed by atoms with Gasteiger partial charge in [0.05, 0.1) is 7.11 Å². The summed E-state index contributed by atoms with van der Waals surface area (Å²) in [6.45, 7) is 4.90. The van der Waals surface area contributed by atoms with Crippen LogP contribution in [0.2, 0.25) is 0 Å². The van der Waals surface area contributed by atoms with Crippen molar-refractivity contribution in [2.24, 2.45) is 5.92 Å². The maximum absolute atomic E-state index is 13.3. The van der Waals surface area contributed by atoms with Crippen LogP contribution in [0.4, 0.5) is 5.69 Å². The number of ether oxygens (including phenoxy) is 2. The summed E-state index contributed by atoms with van der Waals surface area (Å²) >= 11 is 0. The van der Waals surface area contributed by atoms with Crippen molar-refractivity contribution in [1.29, 1.82) is 0 Å². The van der Waals surface area contributed by atoms with Crippen molar-refractivity contribution in [3.05, 3.63) is 36.4 Å². The molecule has 1 aliphatic rings. The minimum absolute atomic E-state index is 0.0205. The van der Waals surface area contributed by atoms with E-state index in [-0.39, 0.29) is 5.91 Å². The topological polar surface area (TPSA) is 47.6 Å². The summed E-state index contributed by atoms with van der Waals surface area (Å²) < 4.78 is 11.6. The minimum Gasteiger partial charge on any atom is -0.496 e. The van der Waals surface area contributed by atoms with E-state index in [2.05, 4.69) is 19.2 Å². The molecule has 4 nitrogen and oxygen atoms in total. The van der Waals surface area contributed by atoms with Crippen LogP contribution >= 0.6 is 0 Å². The number of hydrogen-bond donors (Lipinski definition) is 1. The zero-order valence-corrected chi connectivity index (χ0v) is 16.0. The molecular formula is C22H29NO3. The van der Waals surface area contributed by atoms with Gasteiger partial charge < -0.3 is 14.8 Å². The van der Waals surface area contributed by atoms with Crippen molar-refractivity contribution in [3.8, 4) is 5.75 Å². The standard InChI is InChI=1S/C22H29NO3/c1-4-14-26-22(13-7-8-16(2)15-22)21(24)23-19-11-12-20(25-3)18-10-6-5-9-17(18)19/h5-6,9-12,16H,4,7-8,13-15H2,1-3H3,(H,23,24). The van der Waals surface area contributed by atoms with Crippen molar-refractivity contribution in [2.45, 2.75) is 51.6 Å². The van der Waals surface area contributed by atoms with Gasteiger partial charge in [0.15, 0.2) is 0 Å². The molecular weight excluding hydrogens is 326 g/mol. The highest BCUT2D eigenvalue weighted by molar-refractivity contribution is 6.06. The van der Waals surface area contributed by atoms with E-state index in [9.17, 15) is 4.79 Å². The van der Waals surface area contributed by atoms with Gasteiger partial charge in [-0.15, -0.1) is 0 Å². The summed E-state index contributed by atoms with van der Waals surface area (Å²) in [5, 5.41) is 5.13. The molecule has 0 bridgehead atoms. The molecule has 0 spiro atoms. The number of rotatable bonds is 6. The van der Waals surface area contributed by atoms with Crippen LogP contribution in [0.25, 0.3) is 10.8 Å². The van der Waals surface area contributed by atoms with Gasteiger partial charge >= 0.3 is 0 Å². The van der Waals surface area contributed by atoms with Gasteiger partial charge in [-0.2, -0.15) is 0 Å². The Kier molecular flexibility index (Phi) is 5.82. The predicted octanol–water partition coefficient (Wildman–Crippen LogP) is 5.16. The maximum Gasteiger partial charge on any atom is 0.256 e. The highest BCUT2D eigenvalue weighted by Crippen LogP contribution is 2.38. The van der Waals surface area contributed by atoms with Crippen LogP contribution in [-0.4, -0.2) is 25.2 Å². The molecule has 1 aliphatic carbocycles. The largest absolute Gasteiger partial charge is 0.496 e. The first-order valence-electron chi connectivity index (χ1n) is 9.61. The van der Waals surface area contributed by atoms with Crippen molar-refractivity contribution in [3.63, 3.8) is 0 Å². The Bertz CT molecular complexity index is 773. The van der Waals surface area contributed by atoms with Crippen LogP contribution in [0.3, 0.4) is 0 Å². The highest BCUT2D eigenvalue weighted by Gasteiger charge is 2.42. The van der Waals surface area contributed by atoms with Gasteiger partial charge in [-0.1, -0.05) is 44.5 Å². The second-order valence-electron chi connectivity index (χ2n) is 7.36. The van der Waals surface area contributed by atoms with Crippen LogP contribution in [0.5, 0.6) is 5.75 Å². The average Bonchev–Trinajstić information content (AvgIpc) is 2.66. The fourth-order valence-electron chi connectivity index (χ4n) is 4.00. The van der Waals surface area contributed by atoms with E-state index in [1.807, 2.05) is 36.4 Å². The molecule has 0 aliphatic heterocycles. The number of hydrogen-bond acceptors (Lipinski definition) is 3. The summed E-state index contributed by atoms with van der Waals surface area (Å²) in [4.78, 5) is 13.3. The summed E-state index contributed by atoms with van der Waals surface area (Å²) in [6, 6.07) is 11.8. The first-order valence-corrected chi connectivity index (χ1v) is 9.61. The SMILES string of the molecule is CCCOC1(C(=O)Nc2ccc(OC)c3ccccc23)CCCC(C)C1. The second-order valence-corrected chi connectivity index (χ2v) is 7.36. The Morgan fingerprint density at radius 2 is 2.00 bits per heavy atom. The average molecular weight is 355 g/mol. The Morgan fingerprint density at radius 3 is 2.69 bits per heavy atom. The molecule has 3 rings (SSSR count). The lowest BCUT2D eigenvalue weighted by molar-refractivity contribution is -0.148. The first kappa shape index (κ1) is 18.7. The molecule has 2 atom stereocenters. The number of nitrogens with one attached hydrogen (secondary N) is 1. The predicted molar refractivity (Wildman–Crippen MR) is 106 cm³/mol. The number of carbonyl (C=O) groups is 1. The molecule has 1 amide bonds. The van der Waals surface area contributed by atoms with E-state index in [1.54, 1.807) is 7.11 Å². The van der Waals surface area contributed by atoms with Gasteiger partial charge in [-0.05, 0) is 43.7 Å². The molecule has 1 saturated carbocycles. The van der Waals surface area contributed by atoms with Gasteiger partial charge in [0.1, 0.15) is 11.4 Å². The lowest BCUT2D eigenvalue weighted by Crippen LogP contribution is -2.48. The molecule has 4 heteroatoms.